The largest absolute Gasteiger partial charge is 0.399 e. The molecule has 0 amide bonds. The zero-order chi connectivity index (χ0) is 12.3. The molecule has 0 fully saturated rings. The molecule has 2 rings (SSSR count). The lowest BCUT2D eigenvalue weighted by Gasteiger charge is -2.06. The fourth-order valence-corrected chi connectivity index (χ4v) is 1.81. The minimum absolute atomic E-state index is 0.0419. The average Bonchev–Trinajstić information content (AvgIpc) is 2.39. The molecule has 0 saturated heterocycles. The Hall–Kier alpha value is -2.09. The van der Waals surface area contributed by atoms with Crippen LogP contribution >= 0.6 is 0 Å². The lowest BCUT2D eigenvalue weighted by molar-refractivity contribution is 0.103. The molecular weight excluding hydrogens is 210 g/mol. The number of nitrogen functional groups attached to an aromatic ring is 1. The second-order valence-electron chi connectivity index (χ2n) is 3.96. The summed E-state index contributed by atoms with van der Waals surface area (Å²) >= 11 is 0. The maximum absolute atomic E-state index is 12.2. The van der Waals surface area contributed by atoms with Gasteiger partial charge < -0.3 is 5.73 Å². The molecule has 0 heterocycles. The van der Waals surface area contributed by atoms with Gasteiger partial charge in [-0.1, -0.05) is 37.3 Å². The summed E-state index contributed by atoms with van der Waals surface area (Å²) in [7, 11) is 0. The van der Waals surface area contributed by atoms with Crippen LogP contribution in [0.4, 0.5) is 5.69 Å². The Kier molecular flexibility index (Phi) is 3.24. The van der Waals surface area contributed by atoms with E-state index >= 15 is 0 Å². The number of anilines is 1. The van der Waals surface area contributed by atoms with Crippen molar-refractivity contribution in [2.45, 2.75) is 13.3 Å². The number of rotatable bonds is 3. The fourth-order valence-electron chi connectivity index (χ4n) is 1.81. The third kappa shape index (κ3) is 2.36. The molecular formula is C15H15NO. The Morgan fingerprint density at radius 3 is 2.41 bits per heavy atom. The van der Waals surface area contributed by atoms with Crippen molar-refractivity contribution in [3.05, 3.63) is 65.2 Å². The molecule has 0 aliphatic carbocycles. The average molecular weight is 225 g/mol. The molecule has 0 saturated carbocycles. The van der Waals surface area contributed by atoms with Crippen molar-refractivity contribution in [1.29, 1.82) is 0 Å². The van der Waals surface area contributed by atoms with E-state index in [-0.39, 0.29) is 5.78 Å². The van der Waals surface area contributed by atoms with Crippen LogP contribution in [0, 0.1) is 0 Å². The Morgan fingerprint density at radius 1 is 1.06 bits per heavy atom. The van der Waals surface area contributed by atoms with Crippen molar-refractivity contribution in [2.75, 3.05) is 5.73 Å². The van der Waals surface area contributed by atoms with Crippen LogP contribution in [0.1, 0.15) is 28.4 Å². The minimum Gasteiger partial charge on any atom is -0.399 e. The van der Waals surface area contributed by atoms with Gasteiger partial charge in [-0.15, -0.1) is 0 Å². The number of nitrogens with two attached hydrogens (primary N) is 1. The van der Waals surface area contributed by atoms with Crippen LogP contribution in [0.25, 0.3) is 0 Å². The molecule has 0 aromatic heterocycles. The lowest BCUT2D eigenvalue weighted by atomic mass is 9.99. The van der Waals surface area contributed by atoms with E-state index in [1.807, 2.05) is 43.3 Å². The first-order valence-corrected chi connectivity index (χ1v) is 5.70. The number of carbonyl (C=O) groups excluding carboxylic acids is 1. The van der Waals surface area contributed by atoms with Crippen LogP contribution in [0.2, 0.25) is 0 Å². The summed E-state index contributed by atoms with van der Waals surface area (Å²) in [5.74, 6) is 0.0419. The van der Waals surface area contributed by atoms with E-state index in [0.717, 1.165) is 17.7 Å². The molecule has 2 aromatic rings. The SMILES string of the molecule is CCc1cc(C(=O)c2ccccc2)ccc1N. The summed E-state index contributed by atoms with van der Waals surface area (Å²) in [4.78, 5) is 12.2. The highest BCUT2D eigenvalue weighted by molar-refractivity contribution is 6.09. The van der Waals surface area contributed by atoms with Crippen LogP contribution in [0.3, 0.4) is 0 Å². The van der Waals surface area contributed by atoms with Gasteiger partial charge in [-0.25, -0.2) is 0 Å². The first-order chi connectivity index (χ1) is 8.22. The molecule has 2 aromatic carbocycles. The molecule has 86 valence electrons. The van der Waals surface area contributed by atoms with Gasteiger partial charge in [-0.2, -0.15) is 0 Å². The van der Waals surface area contributed by atoms with Gasteiger partial charge in [0.05, 0.1) is 0 Å². The summed E-state index contributed by atoms with van der Waals surface area (Å²) in [6, 6.07) is 14.7. The summed E-state index contributed by atoms with van der Waals surface area (Å²) < 4.78 is 0. The number of hydrogen-bond donors (Lipinski definition) is 1. The topological polar surface area (TPSA) is 43.1 Å². The maximum atomic E-state index is 12.2. The molecule has 0 bridgehead atoms. The van der Waals surface area contributed by atoms with Gasteiger partial charge in [-0.3, -0.25) is 4.79 Å². The summed E-state index contributed by atoms with van der Waals surface area (Å²) in [6.07, 6.45) is 0.835. The van der Waals surface area contributed by atoms with Crippen molar-refractivity contribution in [3.63, 3.8) is 0 Å². The molecule has 0 radical (unpaired) electrons. The zero-order valence-corrected chi connectivity index (χ0v) is 9.81. The summed E-state index contributed by atoms with van der Waals surface area (Å²) in [5.41, 5.74) is 9.00. The Bertz CT molecular complexity index is 532. The van der Waals surface area contributed by atoms with E-state index in [1.54, 1.807) is 12.1 Å². The van der Waals surface area contributed by atoms with E-state index in [0.29, 0.717) is 11.1 Å². The van der Waals surface area contributed by atoms with Crippen molar-refractivity contribution >= 4 is 11.5 Å². The molecule has 0 aliphatic heterocycles. The van der Waals surface area contributed by atoms with Gasteiger partial charge in [-0.05, 0) is 30.2 Å². The van der Waals surface area contributed by atoms with Crippen molar-refractivity contribution in [1.82, 2.24) is 0 Å². The molecule has 0 unspecified atom stereocenters. The minimum atomic E-state index is 0.0419. The Morgan fingerprint density at radius 2 is 1.76 bits per heavy atom. The van der Waals surface area contributed by atoms with Gasteiger partial charge in [0, 0.05) is 16.8 Å². The maximum Gasteiger partial charge on any atom is 0.193 e. The highest BCUT2D eigenvalue weighted by Crippen LogP contribution is 2.17. The zero-order valence-electron chi connectivity index (χ0n) is 9.81. The molecule has 0 aliphatic rings. The van der Waals surface area contributed by atoms with E-state index in [1.165, 1.54) is 0 Å². The lowest BCUT2D eigenvalue weighted by Crippen LogP contribution is -2.03. The third-order valence-electron chi connectivity index (χ3n) is 2.82. The van der Waals surface area contributed by atoms with E-state index < -0.39 is 0 Å². The molecule has 2 heteroatoms. The Balaban J connectivity index is 2.38. The highest BCUT2D eigenvalue weighted by Gasteiger charge is 2.09. The van der Waals surface area contributed by atoms with Crippen LogP contribution in [0.15, 0.2) is 48.5 Å². The molecule has 2 nitrogen and oxygen atoms in total. The van der Waals surface area contributed by atoms with E-state index in [2.05, 4.69) is 0 Å². The highest BCUT2D eigenvalue weighted by atomic mass is 16.1. The smallest absolute Gasteiger partial charge is 0.193 e. The van der Waals surface area contributed by atoms with Gasteiger partial charge in [0.15, 0.2) is 5.78 Å². The summed E-state index contributed by atoms with van der Waals surface area (Å²) in [5, 5.41) is 0. The van der Waals surface area contributed by atoms with E-state index in [9.17, 15) is 4.79 Å². The number of carbonyl (C=O) groups is 1. The van der Waals surface area contributed by atoms with Crippen LogP contribution in [0.5, 0.6) is 0 Å². The van der Waals surface area contributed by atoms with Crippen LogP contribution in [-0.2, 0) is 6.42 Å². The second-order valence-corrected chi connectivity index (χ2v) is 3.96. The normalized spacial score (nSPS) is 10.2. The standard InChI is InChI=1S/C15H15NO/c1-2-11-10-13(8-9-14(11)16)15(17)12-6-4-3-5-7-12/h3-10H,2,16H2,1H3. The quantitative estimate of drug-likeness (QED) is 0.644. The van der Waals surface area contributed by atoms with Crippen LogP contribution in [-0.4, -0.2) is 5.78 Å². The van der Waals surface area contributed by atoms with Gasteiger partial charge in [0.25, 0.3) is 0 Å². The van der Waals surface area contributed by atoms with E-state index in [4.69, 9.17) is 5.73 Å². The number of aryl methyl sites for hydroxylation is 1. The van der Waals surface area contributed by atoms with Crippen molar-refractivity contribution in [2.24, 2.45) is 0 Å². The third-order valence-corrected chi connectivity index (χ3v) is 2.82. The first kappa shape index (κ1) is 11.4. The van der Waals surface area contributed by atoms with Gasteiger partial charge in [0.2, 0.25) is 0 Å². The van der Waals surface area contributed by atoms with Gasteiger partial charge in [0.1, 0.15) is 0 Å². The predicted octanol–water partition coefficient (Wildman–Crippen LogP) is 3.06. The number of benzene rings is 2. The molecule has 0 atom stereocenters. The predicted molar refractivity (Wildman–Crippen MR) is 70.1 cm³/mol. The number of hydrogen-bond acceptors (Lipinski definition) is 2. The van der Waals surface area contributed by atoms with Crippen molar-refractivity contribution < 1.29 is 4.79 Å². The number of ketones is 1. The van der Waals surface area contributed by atoms with Crippen LogP contribution < -0.4 is 5.73 Å². The summed E-state index contributed by atoms with van der Waals surface area (Å²) in [6.45, 7) is 2.03. The first-order valence-electron chi connectivity index (χ1n) is 5.70. The molecule has 0 spiro atoms. The molecule has 2 N–H and O–H groups in total. The monoisotopic (exact) mass is 225 g/mol. The molecule has 17 heavy (non-hydrogen) atoms. The Labute approximate surface area is 101 Å². The fraction of sp³-hybridized carbons (Fsp3) is 0.133. The van der Waals surface area contributed by atoms with Crippen molar-refractivity contribution in [3.8, 4) is 0 Å². The van der Waals surface area contributed by atoms with Gasteiger partial charge >= 0.3 is 0 Å². The second kappa shape index (κ2) is 4.83.